The molecule has 0 spiro atoms. The maximum absolute atomic E-state index is 12.0. The second kappa shape index (κ2) is 7.35. The average molecular weight is 308 g/mol. The van der Waals surface area contributed by atoms with Crippen molar-refractivity contribution in [3.8, 4) is 0 Å². The van der Waals surface area contributed by atoms with Crippen LogP contribution in [0.15, 0.2) is 40.6 Å². The molecular formula is C13H16N4OS2. The second-order valence-electron chi connectivity index (χ2n) is 3.94. The minimum absolute atomic E-state index is 0.0397. The van der Waals surface area contributed by atoms with Crippen LogP contribution in [0.1, 0.15) is 6.92 Å². The van der Waals surface area contributed by atoms with E-state index in [4.69, 9.17) is 0 Å². The van der Waals surface area contributed by atoms with Crippen LogP contribution < -0.4 is 5.32 Å². The lowest BCUT2D eigenvalue weighted by molar-refractivity contribution is -0.113. The third-order valence-corrected chi connectivity index (χ3v) is 4.41. The Morgan fingerprint density at radius 1 is 1.40 bits per heavy atom. The average Bonchev–Trinajstić information content (AvgIpc) is 2.93. The molecule has 0 fully saturated rings. The Morgan fingerprint density at radius 3 is 2.95 bits per heavy atom. The Kier molecular flexibility index (Phi) is 5.49. The number of amides is 1. The minimum atomic E-state index is -0.0397. The third kappa shape index (κ3) is 3.77. The van der Waals surface area contributed by atoms with Crippen LogP contribution in [0.2, 0.25) is 0 Å². The largest absolute Gasteiger partial charge is 0.324 e. The molecule has 1 amide bonds. The zero-order chi connectivity index (χ0) is 14.4. The Hall–Kier alpha value is -1.47. The maximum atomic E-state index is 12.0. The van der Waals surface area contributed by atoms with E-state index in [1.807, 2.05) is 42.0 Å². The summed E-state index contributed by atoms with van der Waals surface area (Å²) in [7, 11) is 0. The van der Waals surface area contributed by atoms with Gasteiger partial charge in [0.2, 0.25) is 5.91 Å². The number of aryl methyl sites for hydroxylation is 1. The van der Waals surface area contributed by atoms with Gasteiger partial charge in [-0.1, -0.05) is 23.9 Å². The van der Waals surface area contributed by atoms with Crippen LogP contribution in [0.25, 0.3) is 0 Å². The normalized spacial score (nSPS) is 10.5. The molecule has 0 saturated carbocycles. The van der Waals surface area contributed by atoms with Crippen molar-refractivity contribution in [2.45, 2.75) is 23.5 Å². The molecule has 0 bridgehead atoms. The molecule has 0 radical (unpaired) electrons. The fraction of sp³-hybridized carbons (Fsp3) is 0.308. The van der Waals surface area contributed by atoms with E-state index in [2.05, 4.69) is 15.5 Å². The minimum Gasteiger partial charge on any atom is -0.324 e. The highest BCUT2D eigenvalue weighted by Gasteiger charge is 2.09. The number of carbonyl (C=O) groups excluding carboxylic acids is 1. The van der Waals surface area contributed by atoms with Gasteiger partial charge in [-0.3, -0.25) is 4.79 Å². The van der Waals surface area contributed by atoms with Gasteiger partial charge in [-0.25, -0.2) is 0 Å². The van der Waals surface area contributed by atoms with Crippen LogP contribution in [0, 0.1) is 0 Å². The van der Waals surface area contributed by atoms with Crippen LogP contribution in [0.4, 0.5) is 5.69 Å². The van der Waals surface area contributed by atoms with Gasteiger partial charge in [0.25, 0.3) is 0 Å². The number of aromatic nitrogens is 3. The fourth-order valence-electron chi connectivity index (χ4n) is 1.64. The Labute approximate surface area is 126 Å². The van der Waals surface area contributed by atoms with Gasteiger partial charge >= 0.3 is 0 Å². The van der Waals surface area contributed by atoms with Crippen molar-refractivity contribution in [3.05, 3.63) is 30.6 Å². The second-order valence-corrected chi connectivity index (χ2v) is 5.73. The van der Waals surface area contributed by atoms with E-state index in [0.717, 1.165) is 22.3 Å². The van der Waals surface area contributed by atoms with E-state index < -0.39 is 0 Å². The highest BCUT2D eigenvalue weighted by atomic mass is 32.2. The molecule has 5 nitrogen and oxygen atoms in total. The number of carbonyl (C=O) groups is 1. The van der Waals surface area contributed by atoms with Crippen molar-refractivity contribution in [2.75, 3.05) is 17.3 Å². The van der Waals surface area contributed by atoms with Crippen LogP contribution >= 0.6 is 23.5 Å². The number of nitrogens with one attached hydrogen (secondary N) is 1. The van der Waals surface area contributed by atoms with E-state index >= 15 is 0 Å². The SMILES string of the molecule is CCn1cnnc1SCC(=O)Nc1ccccc1SC. The predicted molar refractivity (Wildman–Crippen MR) is 83.3 cm³/mol. The number of para-hydroxylation sites is 1. The van der Waals surface area contributed by atoms with Gasteiger partial charge in [0.15, 0.2) is 5.16 Å². The smallest absolute Gasteiger partial charge is 0.234 e. The number of anilines is 1. The lowest BCUT2D eigenvalue weighted by Crippen LogP contribution is -2.15. The van der Waals surface area contributed by atoms with E-state index in [1.165, 1.54) is 11.8 Å². The molecule has 106 valence electrons. The molecule has 20 heavy (non-hydrogen) atoms. The van der Waals surface area contributed by atoms with Gasteiger partial charge < -0.3 is 9.88 Å². The number of hydrogen-bond donors (Lipinski definition) is 1. The summed E-state index contributed by atoms with van der Waals surface area (Å²) < 4.78 is 1.91. The summed E-state index contributed by atoms with van der Waals surface area (Å²) in [6.07, 6.45) is 3.66. The lowest BCUT2D eigenvalue weighted by Gasteiger charge is -2.09. The Bertz CT molecular complexity index is 585. The molecule has 0 unspecified atom stereocenters. The summed E-state index contributed by atoms with van der Waals surface area (Å²) in [6, 6.07) is 7.76. The zero-order valence-electron chi connectivity index (χ0n) is 11.4. The number of benzene rings is 1. The standard InChI is InChI=1S/C13H16N4OS2/c1-3-17-9-14-16-13(17)20-8-12(18)15-10-6-4-5-7-11(10)19-2/h4-7,9H,3,8H2,1-2H3,(H,15,18). The molecule has 1 N–H and O–H groups in total. The fourth-order valence-corrected chi connectivity index (χ4v) is 2.97. The molecule has 0 atom stereocenters. The molecule has 0 aliphatic carbocycles. The van der Waals surface area contributed by atoms with E-state index in [-0.39, 0.29) is 5.91 Å². The van der Waals surface area contributed by atoms with E-state index in [1.54, 1.807) is 18.1 Å². The molecule has 0 saturated heterocycles. The van der Waals surface area contributed by atoms with E-state index in [9.17, 15) is 4.79 Å². The highest BCUT2D eigenvalue weighted by molar-refractivity contribution is 7.99. The number of hydrogen-bond acceptors (Lipinski definition) is 5. The summed E-state index contributed by atoms with van der Waals surface area (Å²) in [5.41, 5.74) is 0.850. The van der Waals surface area contributed by atoms with E-state index in [0.29, 0.717) is 5.75 Å². The van der Waals surface area contributed by atoms with Crippen LogP contribution in [0.5, 0.6) is 0 Å². The first-order valence-corrected chi connectivity index (χ1v) is 8.39. The molecule has 1 aromatic heterocycles. The maximum Gasteiger partial charge on any atom is 0.234 e. The Morgan fingerprint density at radius 2 is 2.20 bits per heavy atom. The van der Waals surface area contributed by atoms with Gasteiger partial charge in [0, 0.05) is 11.4 Å². The monoisotopic (exact) mass is 308 g/mol. The van der Waals surface area contributed by atoms with Crippen molar-refractivity contribution in [3.63, 3.8) is 0 Å². The van der Waals surface area contributed by atoms with Gasteiger partial charge in [-0.2, -0.15) is 0 Å². The van der Waals surface area contributed by atoms with Crippen LogP contribution in [-0.2, 0) is 11.3 Å². The van der Waals surface area contributed by atoms with Gasteiger partial charge in [-0.15, -0.1) is 22.0 Å². The third-order valence-electron chi connectivity index (χ3n) is 2.63. The molecular weight excluding hydrogens is 292 g/mol. The van der Waals surface area contributed by atoms with Crippen LogP contribution in [0.3, 0.4) is 0 Å². The van der Waals surface area contributed by atoms with Gasteiger partial charge in [0.1, 0.15) is 6.33 Å². The summed E-state index contributed by atoms with van der Waals surface area (Å²) in [5, 5.41) is 11.5. The first kappa shape index (κ1) is 14.9. The Balaban J connectivity index is 1.93. The number of nitrogens with zero attached hydrogens (tertiary/aromatic N) is 3. The summed E-state index contributed by atoms with van der Waals surface area (Å²) >= 11 is 3.00. The van der Waals surface area contributed by atoms with Gasteiger partial charge in [-0.05, 0) is 25.3 Å². The summed E-state index contributed by atoms with van der Waals surface area (Å²) in [5.74, 6) is 0.281. The first-order chi connectivity index (χ1) is 9.74. The van der Waals surface area contributed by atoms with Crippen molar-refractivity contribution in [1.82, 2.24) is 14.8 Å². The predicted octanol–water partition coefficient (Wildman–Crippen LogP) is 2.75. The first-order valence-electron chi connectivity index (χ1n) is 6.18. The molecule has 1 aromatic carbocycles. The molecule has 7 heteroatoms. The van der Waals surface area contributed by atoms with Crippen molar-refractivity contribution >= 4 is 35.1 Å². The summed E-state index contributed by atoms with van der Waals surface area (Å²) in [6.45, 7) is 2.81. The number of thioether (sulfide) groups is 2. The molecule has 2 rings (SSSR count). The quantitative estimate of drug-likeness (QED) is 0.832. The number of rotatable bonds is 6. The molecule has 0 aliphatic heterocycles. The van der Waals surface area contributed by atoms with Crippen molar-refractivity contribution < 1.29 is 4.79 Å². The van der Waals surface area contributed by atoms with Crippen molar-refractivity contribution in [1.29, 1.82) is 0 Å². The summed E-state index contributed by atoms with van der Waals surface area (Å²) in [4.78, 5) is 13.0. The van der Waals surface area contributed by atoms with Gasteiger partial charge in [0.05, 0.1) is 11.4 Å². The van der Waals surface area contributed by atoms with Crippen molar-refractivity contribution in [2.24, 2.45) is 0 Å². The topological polar surface area (TPSA) is 59.8 Å². The highest BCUT2D eigenvalue weighted by Crippen LogP contribution is 2.25. The molecule has 2 aromatic rings. The van der Waals surface area contributed by atoms with Crippen LogP contribution in [-0.4, -0.2) is 32.7 Å². The zero-order valence-corrected chi connectivity index (χ0v) is 13.0. The molecule has 1 heterocycles. The lowest BCUT2D eigenvalue weighted by atomic mass is 10.3. The molecule has 0 aliphatic rings.